The Balaban J connectivity index is 2.35. The molecule has 0 spiro atoms. The molecule has 0 aliphatic carbocycles. The summed E-state index contributed by atoms with van der Waals surface area (Å²) in [7, 11) is 0. The highest BCUT2D eigenvalue weighted by atomic mass is 79.9. The molecule has 19 heavy (non-hydrogen) atoms. The van der Waals surface area contributed by atoms with Gasteiger partial charge in [0, 0.05) is 16.5 Å². The SMILES string of the molecule is Cc1ccc(Br)cc1Oc1cc(Br)nc(C(C)C)n1. The number of ether oxygens (including phenoxy) is 1. The molecule has 100 valence electrons. The van der Waals surface area contributed by atoms with E-state index >= 15 is 0 Å². The first-order valence-electron chi connectivity index (χ1n) is 5.94. The molecule has 0 saturated heterocycles. The second-order valence-corrected chi connectivity index (χ2v) is 6.28. The maximum atomic E-state index is 5.85. The number of hydrogen-bond donors (Lipinski definition) is 0. The largest absolute Gasteiger partial charge is 0.439 e. The Morgan fingerprint density at radius 1 is 1.11 bits per heavy atom. The van der Waals surface area contributed by atoms with Gasteiger partial charge in [0.25, 0.3) is 0 Å². The summed E-state index contributed by atoms with van der Waals surface area (Å²) in [6.45, 7) is 6.10. The van der Waals surface area contributed by atoms with Crippen molar-refractivity contribution >= 4 is 31.9 Å². The third kappa shape index (κ3) is 3.76. The predicted octanol–water partition coefficient (Wildman–Crippen LogP) is 5.23. The highest BCUT2D eigenvalue weighted by molar-refractivity contribution is 9.10. The van der Waals surface area contributed by atoms with E-state index in [0.717, 1.165) is 26.2 Å². The minimum absolute atomic E-state index is 0.253. The van der Waals surface area contributed by atoms with Crippen LogP contribution in [0, 0.1) is 6.92 Å². The normalized spacial score (nSPS) is 10.8. The summed E-state index contributed by atoms with van der Waals surface area (Å²) < 4.78 is 7.56. The van der Waals surface area contributed by atoms with Crippen LogP contribution in [0.1, 0.15) is 31.2 Å². The average molecular weight is 386 g/mol. The predicted molar refractivity (Wildman–Crippen MR) is 82.8 cm³/mol. The van der Waals surface area contributed by atoms with E-state index in [1.807, 2.05) is 25.1 Å². The number of aromatic nitrogens is 2. The molecule has 1 aromatic carbocycles. The maximum absolute atomic E-state index is 5.85. The standard InChI is InChI=1S/C14H14Br2N2O/c1-8(2)14-17-12(16)7-13(18-14)19-11-6-10(15)5-4-9(11)3/h4-8H,1-3H3. The lowest BCUT2D eigenvalue weighted by molar-refractivity contribution is 0.452. The Morgan fingerprint density at radius 2 is 1.84 bits per heavy atom. The van der Waals surface area contributed by atoms with E-state index in [-0.39, 0.29) is 5.92 Å². The van der Waals surface area contributed by atoms with Gasteiger partial charge in [0.2, 0.25) is 5.88 Å². The lowest BCUT2D eigenvalue weighted by Crippen LogP contribution is -2.00. The van der Waals surface area contributed by atoms with Gasteiger partial charge in [-0.2, -0.15) is 4.98 Å². The second-order valence-electron chi connectivity index (χ2n) is 4.55. The molecule has 2 aromatic rings. The fraction of sp³-hybridized carbons (Fsp3) is 0.286. The number of hydrogen-bond acceptors (Lipinski definition) is 3. The zero-order valence-electron chi connectivity index (χ0n) is 10.9. The molecule has 0 atom stereocenters. The van der Waals surface area contributed by atoms with Crippen LogP contribution in [0.4, 0.5) is 0 Å². The Labute approximate surface area is 129 Å². The molecule has 0 radical (unpaired) electrons. The third-order valence-electron chi connectivity index (χ3n) is 2.57. The minimum atomic E-state index is 0.253. The zero-order chi connectivity index (χ0) is 14.0. The number of rotatable bonds is 3. The molecule has 1 heterocycles. The molecule has 3 nitrogen and oxygen atoms in total. The van der Waals surface area contributed by atoms with E-state index in [1.54, 1.807) is 6.07 Å². The molecule has 0 bridgehead atoms. The lowest BCUT2D eigenvalue weighted by atomic mass is 10.2. The summed E-state index contributed by atoms with van der Waals surface area (Å²) in [5, 5.41) is 0. The molecular weight excluding hydrogens is 372 g/mol. The summed E-state index contributed by atoms with van der Waals surface area (Å²) in [4.78, 5) is 8.75. The summed E-state index contributed by atoms with van der Waals surface area (Å²) in [5.41, 5.74) is 1.06. The molecule has 0 aliphatic rings. The van der Waals surface area contributed by atoms with Crippen LogP contribution in [0.3, 0.4) is 0 Å². The highest BCUT2D eigenvalue weighted by Crippen LogP contribution is 2.28. The van der Waals surface area contributed by atoms with Crippen molar-refractivity contribution in [3.8, 4) is 11.6 Å². The van der Waals surface area contributed by atoms with Crippen molar-refractivity contribution in [1.82, 2.24) is 9.97 Å². The van der Waals surface area contributed by atoms with Gasteiger partial charge in [-0.15, -0.1) is 0 Å². The van der Waals surface area contributed by atoms with Crippen molar-refractivity contribution in [2.75, 3.05) is 0 Å². The average Bonchev–Trinajstić information content (AvgIpc) is 2.33. The van der Waals surface area contributed by atoms with E-state index in [1.165, 1.54) is 0 Å². The highest BCUT2D eigenvalue weighted by Gasteiger charge is 2.09. The molecular formula is C14H14Br2N2O. The van der Waals surface area contributed by atoms with Crippen LogP contribution in [-0.4, -0.2) is 9.97 Å². The van der Waals surface area contributed by atoms with Crippen molar-refractivity contribution in [3.05, 3.63) is 44.7 Å². The summed E-state index contributed by atoms with van der Waals surface area (Å²) >= 11 is 6.83. The van der Waals surface area contributed by atoms with Crippen LogP contribution in [-0.2, 0) is 0 Å². The van der Waals surface area contributed by atoms with Crippen LogP contribution < -0.4 is 4.74 Å². The van der Waals surface area contributed by atoms with Crippen LogP contribution in [0.15, 0.2) is 33.3 Å². The molecule has 0 amide bonds. The van der Waals surface area contributed by atoms with Gasteiger partial charge >= 0.3 is 0 Å². The summed E-state index contributed by atoms with van der Waals surface area (Å²) in [6, 6.07) is 7.68. The molecule has 5 heteroatoms. The fourth-order valence-corrected chi connectivity index (χ4v) is 2.24. The topological polar surface area (TPSA) is 35.0 Å². The Bertz CT molecular complexity index is 600. The molecule has 0 aliphatic heterocycles. The van der Waals surface area contributed by atoms with Crippen LogP contribution in [0.2, 0.25) is 0 Å². The molecule has 0 N–H and O–H groups in total. The van der Waals surface area contributed by atoms with Crippen molar-refractivity contribution < 1.29 is 4.74 Å². The Kier molecular flexibility index (Phi) is 4.58. The Morgan fingerprint density at radius 3 is 2.53 bits per heavy atom. The van der Waals surface area contributed by atoms with Gasteiger partial charge in [-0.25, -0.2) is 4.98 Å². The van der Waals surface area contributed by atoms with Crippen LogP contribution in [0.5, 0.6) is 11.6 Å². The van der Waals surface area contributed by atoms with Crippen LogP contribution in [0.25, 0.3) is 0 Å². The lowest BCUT2D eigenvalue weighted by Gasteiger charge is -2.11. The summed E-state index contributed by atoms with van der Waals surface area (Å²) in [6.07, 6.45) is 0. The van der Waals surface area contributed by atoms with Gasteiger partial charge in [0.15, 0.2) is 0 Å². The van der Waals surface area contributed by atoms with Crippen LogP contribution >= 0.6 is 31.9 Å². The van der Waals surface area contributed by atoms with E-state index < -0.39 is 0 Å². The van der Waals surface area contributed by atoms with Gasteiger partial charge in [-0.1, -0.05) is 35.8 Å². The molecule has 0 unspecified atom stereocenters. The van der Waals surface area contributed by atoms with E-state index in [4.69, 9.17) is 4.74 Å². The minimum Gasteiger partial charge on any atom is -0.439 e. The smallest absolute Gasteiger partial charge is 0.223 e. The van der Waals surface area contributed by atoms with Gasteiger partial charge in [0.05, 0.1) is 0 Å². The quantitative estimate of drug-likeness (QED) is 0.679. The first-order chi connectivity index (χ1) is 8.95. The number of halogens is 2. The van der Waals surface area contributed by atoms with Crippen molar-refractivity contribution in [3.63, 3.8) is 0 Å². The van der Waals surface area contributed by atoms with Crippen molar-refractivity contribution in [2.24, 2.45) is 0 Å². The maximum Gasteiger partial charge on any atom is 0.223 e. The number of aryl methyl sites for hydroxylation is 1. The van der Waals surface area contributed by atoms with Gasteiger partial charge < -0.3 is 4.74 Å². The second kappa shape index (κ2) is 6.01. The first kappa shape index (κ1) is 14.5. The molecule has 2 rings (SSSR count). The van der Waals surface area contributed by atoms with Crippen molar-refractivity contribution in [1.29, 1.82) is 0 Å². The summed E-state index contributed by atoms with van der Waals surface area (Å²) in [5.74, 6) is 2.35. The van der Waals surface area contributed by atoms with E-state index in [2.05, 4.69) is 55.7 Å². The molecule has 1 aromatic heterocycles. The van der Waals surface area contributed by atoms with Gasteiger partial charge in [-0.05, 0) is 40.5 Å². The molecule has 0 fully saturated rings. The fourth-order valence-electron chi connectivity index (χ4n) is 1.52. The number of benzene rings is 1. The number of nitrogens with zero attached hydrogens (tertiary/aromatic N) is 2. The molecule has 0 saturated carbocycles. The van der Waals surface area contributed by atoms with Crippen molar-refractivity contribution in [2.45, 2.75) is 26.7 Å². The van der Waals surface area contributed by atoms with E-state index in [0.29, 0.717) is 5.88 Å². The third-order valence-corrected chi connectivity index (χ3v) is 3.47. The van der Waals surface area contributed by atoms with Gasteiger partial charge in [-0.3, -0.25) is 0 Å². The van der Waals surface area contributed by atoms with Gasteiger partial charge in [0.1, 0.15) is 16.2 Å². The van der Waals surface area contributed by atoms with E-state index in [9.17, 15) is 0 Å². The Hall–Kier alpha value is -0.940. The monoisotopic (exact) mass is 384 g/mol. The first-order valence-corrected chi connectivity index (χ1v) is 7.53. The zero-order valence-corrected chi connectivity index (χ0v) is 14.1.